The second-order valence-electron chi connectivity index (χ2n) is 2.62. The SMILES string of the molecule is Cc1cc(CCC(N)=O)ncn1. The zero-order valence-electron chi connectivity index (χ0n) is 6.95. The standard InChI is InChI=1S/C8H11N3O/c1-6-4-7(11-5-10-6)2-3-8(9)12/h4-5H,2-3H2,1H3,(H2,9,12). The van der Waals surface area contributed by atoms with Crippen LogP contribution in [0.2, 0.25) is 0 Å². The second kappa shape index (κ2) is 3.80. The summed E-state index contributed by atoms with van der Waals surface area (Å²) in [5.74, 6) is -0.300. The summed E-state index contributed by atoms with van der Waals surface area (Å²) in [6, 6.07) is 1.85. The summed E-state index contributed by atoms with van der Waals surface area (Å²) in [7, 11) is 0. The van der Waals surface area contributed by atoms with Crippen molar-refractivity contribution in [3.63, 3.8) is 0 Å². The summed E-state index contributed by atoms with van der Waals surface area (Å²) in [6.45, 7) is 1.88. The molecular weight excluding hydrogens is 154 g/mol. The highest BCUT2D eigenvalue weighted by Crippen LogP contribution is 1.99. The van der Waals surface area contributed by atoms with E-state index < -0.39 is 0 Å². The van der Waals surface area contributed by atoms with Crippen molar-refractivity contribution in [1.82, 2.24) is 9.97 Å². The first-order valence-electron chi connectivity index (χ1n) is 3.74. The van der Waals surface area contributed by atoms with Gasteiger partial charge in [-0.3, -0.25) is 4.79 Å². The molecule has 0 aliphatic carbocycles. The van der Waals surface area contributed by atoms with E-state index in [4.69, 9.17) is 5.73 Å². The highest BCUT2D eigenvalue weighted by Gasteiger charge is 1.98. The summed E-state index contributed by atoms with van der Waals surface area (Å²) >= 11 is 0. The minimum atomic E-state index is -0.300. The quantitative estimate of drug-likeness (QED) is 0.695. The molecule has 1 aromatic rings. The number of primary amides is 1. The fourth-order valence-electron chi connectivity index (χ4n) is 0.898. The lowest BCUT2D eigenvalue weighted by Gasteiger charge is -1.97. The molecule has 0 bridgehead atoms. The Morgan fingerprint density at radius 2 is 2.33 bits per heavy atom. The lowest BCUT2D eigenvalue weighted by Crippen LogP contribution is -2.11. The van der Waals surface area contributed by atoms with Gasteiger partial charge in [-0.15, -0.1) is 0 Å². The van der Waals surface area contributed by atoms with E-state index in [1.165, 1.54) is 6.33 Å². The van der Waals surface area contributed by atoms with Crippen LogP contribution in [-0.4, -0.2) is 15.9 Å². The number of hydrogen-bond donors (Lipinski definition) is 1. The number of carbonyl (C=O) groups excluding carboxylic acids is 1. The summed E-state index contributed by atoms with van der Waals surface area (Å²) in [5, 5.41) is 0. The average Bonchev–Trinajstić information content (AvgIpc) is 2.01. The van der Waals surface area contributed by atoms with Gasteiger partial charge in [-0.2, -0.15) is 0 Å². The summed E-state index contributed by atoms with van der Waals surface area (Å²) in [5.41, 5.74) is 6.77. The molecule has 0 aromatic carbocycles. The third-order valence-corrected chi connectivity index (χ3v) is 1.49. The van der Waals surface area contributed by atoms with Crippen molar-refractivity contribution in [2.24, 2.45) is 5.73 Å². The fourth-order valence-corrected chi connectivity index (χ4v) is 0.898. The zero-order valence-corrected chi connectivity index (χ0v) is 6.95. The molecule has 2 N–H and O–H groups in total. The predicted molar refractivity (Wildman–Crippen MR) is 44.3 cm³/mol. The van der Waals surface area contributed by atoms with E-state index in [0.29, 0.717) is 12.8 Å². The summed E-state index contributed by atoms with van der Waals surface area (Å²) in [6.07, 6.45) is 2.43. The molecule has 0 aliphatic heterocycles. The number of aryl methyl sites for hydroxylation is 2. The van der Waals surface area contributed by atoms with Gasteiger partial charge in [0.2, 0.25) is 5.91 Å². The predicted octanol–water partition coefficient (Wildman–Crippen LogP) is 0.203. The van der Waals surface area contributed by atoms with E-state index in [9.17, 15) is 4.79 Å². The van der Waals surface area contributed by atoms with Crippen molar-refractivity contribution in [2.75, 3.05) is 0 Å². The molecule has 1 heterocycles. The van der Waals surface area contributed by atoms with E-state index in [-0.39, 0.29) is 5.91 Å². The Morgan fingerprint density at radius 3 is 2.92 bits per heavy atom. The maximum atomic E-state index is 10.4. The molecule has 4 heteroatoms. The topological polar surface area (TPSA) is 68.9 Å². The molecule has 0 saturated heterocycles. The molecule has 0 atom stereocenters. The van der Waals surface area contributed by atoms with E-state index in [2.05, 4.69) is 9.97 Å². The van der Waals surface area contributed by atoms with Crippen molar-refractivity contribution in [1.29, 1.82) is 0 Å². The van der Waals surface area contributed by atoms with Crippen LogP contribution in [0.15, 0.2) is 12.4 Å². The van der Waals surface area contributed by atoms with Gasteiger partial charge in [0.1, 0.15) is 6.33 Å². The molecule has 0 radical (unpaired) electrons. The lowest BCUT2D eigenvalue weighted by molar-refractivity contribution is -0.118. The molecular formula is C8H11N3O. The molecule has 0 fully saturated rings. The second-order valence-corrected chi connectivity index (χ2v) is 2.62. The molecule has 4 nitrogen and oxygen atoms in total. The monoisotopic (exact) mass is 165 g/mol. The maximum absolute atomic E-state index is 10.4. The van der Waals surface area contributed by atoms with Crippen LogP contribution >= 0.6 is 0 Å². The zero-order chi connectivity index (χ0) is 8.97. The molecule has 0 saturated carbocycles. The van der Waals surface area contributed by atoms with Crippen molar-refractivity contribution in [3.05, 3.63) is 23.8 Å². The van der Waals surface area contributed by atoms with Gasteiger partial charge in [-0.25, -0.2) is 9.97 Å². The summed E-state index contributed by atoms with van der Waals surface area (Å²) < 4.78 is 0. The normalized spacial score (nSPS) is 9.75. The van der Waals surface area contributed by atoms with Gasteiger partial charge < -0.3 is 5.73 Å². The van der Waals surface area contributed by atoms with Crippen LogP contribution in [-0.2, 0) is 11.2 Å². The Labute approximate surface area is 70.8 Å². The van der Waals surface area contributed by atoms with E-state index in [1.807, 2.05) is 13.0 Å². The molecule has 0 spiro atoms. The molecule has 1 aromatic heterocycles. The number of hydrogen-bond acceptors (Lipinski definition) is 3. The van der Waals surface area contributed by atoms with Gasteiger partial charge in [0.15, 0.2) is 0 Å². The van der Waals surface area contributed by atoms with E-state index >= 15 is 0 Å². The number of nitrogens with two attached hydrogens (primary N) is 1. The van der Waals surface area contributed by atoms with Gasteiger partial charge in [-0.1, -0.05) is 0 Å². The lowest BCUT2D eigenvalue weighted by atomic mass is 10.2. The highest BCUT2D eigenvalue weighted by molar-refractivity contribution is 5.73. The van der Waals surface area contributed by atoms with Gasteiger partial charge in [0, 0.05) is 17.8 Å². The number of aromatic nitrogens is 2. The van der Waals surface area contributed by atoms with Gasteiger partial charge in [0.05, 0.1) is 0 Å². The van der Waals surface area contributed by atoms with Crippen LogP contribution in [0.1, 0.15) is 17.8 Å². The van der Waals surface area contributed by atoms with Crippen molar-refractivity contribution in [3.8, 4) is 0 Å². The van der Waals surface area contributed by atoms with E-state index in [0.717, 1.165) is 11.4 Å². The van der Waals surface area contributed by atoms with Crippen LogP contribution in [0.25, 0.3) is 0 Å². The fraction of sp³-hybridized carbons (Fsp3) is 0.375. The van der Waals surface area contributed by atoms with Crippen LogP contribution in [0.5, 0.6) is 0 Å². The largest absolute Gasteiger partial charge is 0.370 e. The average molecular weight is 165 g/mol. The number of nitrogens with zero attached hydrogens (tertiary/aromatic N) is 2. The minimum Gasteiger partial charge on any atom is -0.370 e. The van der Waals surface area contributed by atoms with Crippen LogP contribution in [0, 0.1) is 6.92 Å². The smallest absolute Gasteiger partial charge is 0.217 e. The summed E-state index contributed by atoms with van der Waals surface area (Å²) in [4.78, 5) is 18.4. The van der Waals surface area contributed by atoms with Crippen molar-refractivity contribution >= 4 is 5.91 Å². The van der Waals surface area contributed by atoms with Gasteiger partial charge in [0.25, 0.3) is 0 Å². The third kappa shape index (κ3) is 2.65. The minimum absolute atomic E-state index is 0.300. The first kappa shape index (κ1) is 8.64. The van der Waals surface area contributed by atoms with Crippen LogP contribution in [0.3, 0.4) is 0 Å². The highest BCUT2D eigenvalue weighted by atomic mass is 16.1. The third-order valence-electron chi connectivity index (χ3n) is 1.49. The van der Waals surface area contributed by atoms with E-state index in [1.54, 1.807) is 0 Å². The van der Waals surface area contributed by atoms with Gasteiger partial charge >= 0.3 is 0 Å². The molecule has 0 unspecified atom stereocenters. The molecule has 12 heavy (non-hydrogen) atoms. The Bertz CT molecular complexity index is 285. The Hall–Kier alpha value is -1.45. The van der Waals surface area contributed by atoms with Crippen LogP contribution in [0.4, 0.5) is 0 Å². The first-order valence-corrected chi connectivity index (χ1v) is 3.74. The Balaban J connectivity index is 2.57. The number of carbonyl (C=O) groups is 1. The van der Waals surface area contributed by atoms with Crippen molar-refractivity contribution in [2.45, 2.75) is 19.8 Å². The van der Waals surface area contributed by atoms with Gasteiger partial charge in [-0.05, 0) is 19.4 Å². The molecule has 0 aliphatic rings. The number of rotatable bonds is 3. The Morgan fingerprint density at radius 1 is 1.58 bits per heavy atom. The van der Waals surface area contributed by atoms with Crippen molar-refractivity contribution < 1.29 is 4.79 Å². The maximum Gasteiger partial charge on any atom is 0.217 e. The molecule has 64 valence electrons. The Kier molecular flexibility index (Phi) is 2.74. The number of amides is 1. The molecule has 1 rings (SSSR count). The molecule has 1 amide bonds. The van der Waals surface area contributed by atoms with Crippen LogP contribution < -0.4 is 5.73 Å². The first-order chi connectivity index (χ1) is 5.68.